The van der Waals surface area contributed by atoms with Crippen LogP contribution in [0, 0.1) is 6.92 Å². The average molecular weight is 362 g/mol. The summed E-state index contributed by atoms with van der Waals surface area (Å²) < 4.78 is 1.04. The lowest BCUT2D eigenvalue weighted by Crippen LogP contribution is -2.06. The number of nitrogens with zero attached hydrogens (tertiary/aromatic N) is 1. The minimum absolute atomic E-state index is 0.0170. The predicted octanol–water partition coefficient (Wildman–Crippen LogP) is 4.80. The third-order valence-electron chi connectivity index (χ3n) is 3.28. The van der Waals surface area contributed by atoms with Gasteiger partial charge in [-0.3, -0.25) is 0 Å². The van der Waals surface area contributed by atoms with E-state index >= 15 is 0 Å². The van der Waals surface area contributed by atoms with Crippen LogP contribution in [0.3, 0.4) is 0 Å². The maximum Gasteiger partial charge on any atom is 0.171 e. The molecule has 1 unspecified atom stereocenters. The fraction of sp³-hybridized carbons (Fsp3) is 0.188. The summed E-state index contributed by atoms with van der Waals surface area (Å²) in [6.07, 6.45) is 0. The largest absolute Gasteiger partial charge is 0.333 e. The molecule has 0 radical (unpaired) electrons. The Morgan fingerprint density at radius 1 is 1.24 bits per heavy atom. The molecular formula is C16H16BrN3S. The highest BCUT2D eigenvalue weighted by Gasteiger charge is 2.11. The minimum Gasteiger partial charge on any atom is -0.333 e. The van der Waals surface area contributed by atoms with Crippen molar-refractivity contribution in [3.8, 4) is 0 Å². The van der Waals surface area contributed by atoms with Crippen LogP contribution in [0.2, 0.25) is 0 Å². The van der Waals surface area contributed by atoms with Gasteiger partial charge < -0.3 is 10.7 Å². The molecule has 0 saturated carbocycles. The van der Waals surface area contributed by atoms with Crippen molar-refractivity contribution in [1.29, 1.82) is 0 Å². The van der Waals surface area contributed by atoms with Gasteiger partial charge in [0.1, 0.15) is 0 Å². The third-order valence-corrected chi connectivity index (χ3v) is 4.76. The molecule has 1 aromatic heterocycles. The molecule has 3 aromatic rings. The third kappa shape index (κ3) is 3.15. The lowest BCUT2D eigenvalue weighted by Gasteiger charge is -2.11. The second kappa shape index (κ2) is 5.83. The van der Waals surface area contributed by atoms with Gasteiger partial charge in [-0.2, -0.15) is 0 Å². The molecule has 0 amide bonds. The molecule has 0 aliphatic rings. The first-order chi connectivity index (χ1) is 10.0. The highest BCUT2D eigenvalue weighted by Crippen LogP contribution is 2.34. The van der Waals surface area contributed by atoms with E-state index in [-0.39, 0.29) is 6.04 Å². The van der Waals surface area contributed by atoms with Crippen LogP contribution in [0.25, 0.3) is 11.0 Å². The summed E-state index contributed by atoms with van der Waals surface area (Å²) in [6, 6.07) is 12.4. The molecule has 0 fully saturated rings. The van der Waals surface area contributed by atoms with Crippen LogP contribution in [0.1, 0.15) is 24.1 Å². The second-order valence-corrected chi connectivity index (χ2v) is 7.08. The van der Waals surface area contributed by atoms with Crippen LogP contribution in [-0.2, 0) is 0 Å². The number of hydrogen-bond donors (Lipinski definition) is 2. The average Bonchev–Trinajstić information content (AvgIpc) is 2.82. The van der Waals surface area contributed by atoms with Crippen molar-refractivity contribution in [2.45, 2.75) is 29.9 Å². The van der Waals surface area contributed by atoms with E-state index in [1.807, 2.05) is 19.1 Å². The van der Waals surface area contributed by atoms with E-state index < -0.39 is 0 Å². The van der Waals surface area contributed by atoms with Gasteiger partial charge in [-0.05, 0) is 55.3 Å². The summed E-state index contributed by atoms with van der Waals surface area (Å²) in [6.45, 7) is 4.07. The molecule has 0 bridgehead atoms. The molecule has 0 saturated heterocycles. The predicted molar refractivity (Wildman–Crippen MR) is 91.7 cm³/mol. The first kappa shape index (κ1) is 14.6. The Bertz CT molecular complexity index is 795. The number of rotatable bonds is 3. The molecule has 0 aliphatic heterocycles. The van der Waals surface area contributed by atoms with Crippen molar-refractivity contribution in [2.24, 2.45) is 5.73 Å². The van der Waals surface area contributed by atoms with Gasteiger partial charge in [0.2, 0.25) is 0 Å². The summed E-state index contributed by atoms with van der Waals surface area (Å²) in [7, 11) is 0. The zero-order valence-electron chi connectivity index (χ0n) is 11.9. The van der Waals surface area contributed by atoms with Gasteiger partial charge in [-0.25, -0.2) is 4.98 Å². The number of aryl methyl sites for hydroxylation is 1. The second-order valence-electron chi connectivity index (χ2n) is 5.14. The topological polar surface area (TPSA) is 54.7 Å². The van der Waals surface area contributed by atoms with Crippen molar-refractivity contribution >= 4 is 38.7 Å². The number of halogens is 1. The Morgan fingerprint density at radius 3 is 2.81 bits per heavy atom. The number of hydrogen-bond acceptors (Lipinski definition) is 3. The maximum absolute atomic E-state index is 6.07. The monoisotopic (exact) mass is 361 g/mol. The van der Waals surface area contributed by atoms with Crippen LogP contribution in [0.15, 0.2) is 50.9 Å². The fourth-order valence-electron chi connectivity index (χ4n) is 2.22. The van der Waals surface area contributed by atoms with E-state index in [1.165, 1.54) is 5.56 Å². The number of imidazole rings is 1. The van der Waals surface area contributed by atoms with Gasteiger partial charge in [0.05, 0.1) is 11.0 Å². The standard InChI is InChI=1S/C16H16BrN3S/c1-9-3-5-13-14(7-9)20-16(19-13)21-15-6-4-11(17)8-12(15)10(2)18/h3-8,10H,18H2,1-2H3,(H,19,20). The van der Waals surface area contributed by atoms with Crippen molar-refractivity contribution in [3.63, 3.8) is 0 Å². The van der Waals surface area contributed by atoms with Crippen molar-refractivity contribution in [1.82, 2.24) is 9.97 Å². The fourth-order valence-corrected chi connectivity index (χ4v) is 3.61. The molecule has 3 rings (SSSR count). The Kier molecular flexibility index (Phi) is 4.06. The Morgan fingerprint density at radius 2 is 2.05 bits per heavy atom. The molecule has 3 nitrogen and oxygen atoms in total. The first-order valence-corrected chi connectivity index (χ1v) is 8.33. The summed E-state index contributed by atoms with van der Waals surface area (Å²) in [5.74, 6) is 0. The van der Waals surface area contributed by atoms with Crippen LogP contribution < -0.4 is 5.73 Å². The first-order valence-electron chi connectivity index (χ1n) is 6.72. The normalized spacial score (nSPS) is 12.8. The van der Waals surface area contributed by atoms with Gasteiger partial charge in [-0.15, -0.1) is 0 Å². The van der Waals surface area contributed by atoms with Gasteiger partial charge in [0, 0.05) is 15.4 Å². The van der Waals surface area contributed by atoms with Crippen LogP contribution in [0.5, 0.6) is 0 Å². The summed E-state index contributed by atoms with van der Waals surface area (Å²) in [5.41, 5.74) is 10.5. The zero-order valence-corrected chi connectivity index (χ0v) is 14.3. The number of fused-ring (bicyclic) bond motifs is 1. The molecule has 2 aromatic carbocycles. The number of benzene rings is 2. The van der Waals surface area contributed by atoms with E-state index in [2.05, 4.69) is 57.1 Å². The van der Waals surface area contributed by atoms with Gasteiger partial charge in [-0.1, -0.05) is 33.8 Å². The smallest absolute Gasteiger partial charge is 0.171 e. The Balaban J connectivity index is 1.98. The summed E-state index contributed by atoms with van der Waals surface area (Å²) >= 11 is 5.11. The van der Waals surface area contributed by atoms with Gasteiger partial charge >= 0.3 is 0 Å². The molecule has 3 N–H and O–H groups in total. The van der Waals surface area contributed by atoms with E-state index in [0.717, 1.165) is 31.1 Å². The van der Waals surface area contributed by atoms with E-state index in [4.69, 9.17) is 5.73 Å². The summed E-state index contributed by atoms with van der Waals surface area (Å²) in [4.78, 5) is 9.12. The molecule has 1 heterocycles. The molecule has 0 aliphatic carbocycles. The van der Waals surface area contributed by atoms with Crippen LogP contribution in [-0.4, -0.2) is 9.97 Å². The minimum atomic E-state index is -0.0170. The molecule has 5 heteroatoms. The number of aromatic amines is 1. The molecule has 108 valence electrons. The van der Waals surface area contributed by atoms with E-state index in [9.17, 15) is 0 Å². The van der Waals surface area contributed by atoms with E-state index in [1.54, 1.807) is 11.8 Å². The molecule has 0 spiro atoms. The van der Waals surface area contributed by atoms with Crippen LogP contribution in [0.4, 0.5) is 0 Å². The molecule has 1 atom stereocenters. The van der Waals surface area contributed by atoms with Crippen molar-refractivity contribution in [3.05, 3.63) is 52.0 Å². The lowest BCUT2D eigenvalue weighted by atomic mass is 10.1. The summed E-state index contributed by atoms with van der Waals surface area (Å²) in [5, 5.41) is 0.889. The number of H-pyrrole nitrogens is 1. The Labute approximate surface area is 136 Å². The maximum atomic E-state index is 6.07. The Hall–Kier alpha value is -1.30. The zero-order chi connectivity index (χ0) is 15.0. The van der Waals surface area contributed by atoms with Crippen molar-refractivity contribution in [2.75, 3.05) is 0 Å². The number of nitrogens with one attached hydrogen (secondary N) is 1. The van der Waals surface area contributed by atoms with Crippen LogP contribution >= 0.6 is 27.7 Å². The SMILES string of the molecule is Cc1ccc2nc(Sc3ccc(Br)cc3C(C)N)[nH]c2c1. The highest BCUT2D eigenvalue weighted by molar-refractivity contribution is 9.10. The quantitative estimate of drug-likeness (QED) is 0.703. The highest BCUT2D eigenvalue weighted by atomic mass is 79.9. The lowest BCUT2D eigenvalue weighted by molar-refractivity contribution is 0.796. The van der Waals surface area contributed by atoms with Crippen molar-refractivity contribution < 1.29 is 0 Å². The van der Waals surface area contributed by atoms with E-state index in [0.29, 0.717) is 0 Å². The molecule has 21 heavy (non-hydrogen) atoms. The number of aromatic nitrogens is 2. The van der Waals surface area contributed by atoms with Gasteiger partial charge in [0.15, 0.2) is 5.16 Å². The molecular weight excluding hydrogens is 346 g/mol. The number of nitrogens with two attached hydrogens (primary N) is 1. The van der Waals surface area contributed by atoms with Gasteiger partial charge in [0.25, 0.3) is 0 Å².